The first-order chi connectivity index (χ1) is 4.89. The van der Waals surface area contributed by atoms with Crippen molar-refractivity contribution in [2.45, 2.75) is 30.5 Å². The lowest BCUT2D eigenvalue weighted by atomic mass is 10.1. The number of halogens is 1. The van der Waals surface area contributed by atoms with Gasteiger partial charge in [-0.3, -0.25) is 0 Å². The Bertz CT molecular complexity index is 135. The van der Waals surface area contributed by atoms with Crippen LogP contribution in [0.3, 0.4) is 0 Å². The second-order valence-electron chi connectivity index (χ2n) is 3.40. The van der Waals surface area contributed by atoms with Gasteiger partial charge in [-0.1, -0.05) is 28.1 Å². The molecule has 0 aliphatic heterocycles. The zero-order valence-electron chi connectivity index (χ0n) is 6.09. The van der Waals surface area contributed by atoms with Crippen LogP contribution in [0.4, 0.5) is 0 Å². The monoisotopic (exact) mass is 200 g/mol. The highest BCUT2D eigenvalue weighted by molar-refractivity contribution is 9.09. The molecule has 1 heteroatoms. The van der Waals surface area contributed by atoms with Gasteiger partial charge in [0.25, 0.3) is 0 Å². The number of rotatable bonds is 0. The van der Waals surface area contributed by atoms with Crippen LogP contribution < -0.4 is 0 Å². The molecule has 0 heterocycles. The third-order valence-electron chi connectivity index (χ3n) is 2.73. The van der Waals surface area contributed by atoms with Crippen LogP contribution in [0.15, 0.2) is 12.2 Å². The van der Waals surface area contributed by atoms with Gasteiger partial charge >= 0.3 is 0 Å². The Kier molecular flexibility index (Phi) is 1.86. The Morgan fingerprint density at radius 2 is 1.50 bits per heavy atom. The average Bonchev–Trinajstić information content (AvgIpc) is 2.39. The van der Waals surface area contributed by atoms with Crippen molar-refractivity contribution in [3.8, 4) is 0 Å². The molecule has 1 fully saturated rings. The van der Waals surface area contributed by atoms with E-state index in [0.29, 0.717) is 0 Å². The van der Waals surface area contributed by atoms with Crippen LogP contribution in [-0.2, 0) is 0 Å². The summed E-state index contributed by atoms with van der Waals surface area (Å²) in [6, 6.07) is 0. The van der Waals surface area contributed by atoms with E-state index in [2.05, 4.69) is 28.1 Å². The molecule has 0 aromatic carbocycles. The summed E-state index contributed by atoms with van der Waals surface area (Å²) < 4.78 is 0. The second-order valence-corrected chi connectivity index (χ2v) is 4.46. The fourth-order valence-corrected chi connectivity index (χ4v) is 3.09. The summed E-state index contributed by atoms with van der Waals surface area (Å²) in [6.07, 6.45) is 10.1. The maximum Gasteiger partial charge on any atom is 0.0208 e. The molecule has 0 unspecified atom stereocenters. The molecule has 10 heavy (non-hydrogen) atoms. The zero-order chi connectivity index (χ0) is 6.97. The van der Waals surface area contributed by atoms with Crippen molar-refractivity contribution in [1.29, 1.82) is 0 Å². The van der Waals surface area contributed by atoms with Crippen molar-refractivity contribution in [3.63, 3.8) is 0 Å². The molecule has 56 valence electrons. The highest BCUT2D eigenvalue weighted by atomic mass is 79.9. The lowest BCUT2D eigenvalue weighted by Crippen LogP contribution is -1.85. The Labute approximate surface area is 70.8 Å². The summed E-state index contributed by atoms with van der Waals surface area (Å²) >= 11 is 3.72. The summed E-state index contributed by atoms with van der Waals surface area (Å²) in [5, 5.41) is 0. The maximum atomic E-state index is 3.72. The van der Waals surface area contributed by atoms with E-state index in [-0.39, 0.29) is 0 Å². The molecule has 2 aliphatic rings. The summed E-state index contributed by atoms with van der Waals surface area (Å²) in [7, 11) is 0. The smallest absolute Gasteiger partial charge is 0.0208 e. The van der Waals surface area contributed by atoms with Crippen LogP contribution in [0.25, 0.3) is 0 Å². The highest BCUT2D eigenvalue weighted by Gasteiger charge is 2.46. The van der Waals surface area contributed by atoms with Crippen LogP contribution in [0.2, 0.25) is 0 Å². The minimum atomic E-state index is 0.868. The molecule has 0 aromatic rings. The SMILES string of the molecule is BrC1[C@H]2CC/C=C/CC[C@H]12. The molecular formula is C9H13Br. The van der Waals surface area contributed by atoms with E-state index in [4.69, 9.17) is 0 Å². The Morgan fingerprint density at radius 1 is 1.00 bits per heavy atom. The van der Waals surface area contributed by atoms with Gasteiger partial charge in [-0.2, -0.15) is 0 Å². The van der Waals surface area contributed by atoms with E-state index >= 15 is 0 Å². The predicted molar refractivity (Wildman–Crippen MR) is 47.3 cm³/mol. The number of fused-ring (bicyclic) bond motifs is 1. The van der Waals surface area contributed by atoms with Crippen molar-refractivity contribution < 1.29 is 0 Å². The predicted octanol–water partition coefficient (Wildman–Crippen LogP) is 3.13. The van der Waals surface area contributed by atoms with E-state index in [0.717, 1.165) is 16.7 Å². The minimum absolute atomic E-state index is 0.868. The normalized spacial score (nSPS) is 48.7. The summed E-state index contributed by atoms with van der Waals surface area (Å²) in [5.74, 6) is 2.04. The van der Waals surface area contributed by atoms with E-state index in [9.17, 15) is 0 Å². The summed E-state index contributed by atoms with van der Waals surface area (Å²) in [5.41, 5.74) is 0. The van der Waals surface area contributed by atoms with Crippen molar-refractivity contribution in [2.75, 3.05) is 0 Å². The zero-order valence-corrected chi connectivity index (χ0v) is 7.68. The first-order valence-electron chi connectivity index (χ1n) is 4.18. The second kappa shape index (κ2) is 2.69. The largest absolute Gasteiger partial charge is 0.0885 e. The fraction of sp³-hybridized carbons (Fsp3) is 0.778. The van der Waals surface area contributed by atoms with Crippen LogP contribution in [0.1, 0.15) is 25.7 Å². The van der Waals surface area contributed by atoms with Gasteiger partial charge in [-0.15, -0.1) is 0 Å². The molecule has 2 atom stereocenters. The molecular weight excluding hydrogens is 188 g/mol. The van der Waals surface area contributed by atoms with Gasteiger partial charge in [0.1, 0.15) is 0 Å². The number of allylic oxidation sites excluding steroid dienone is 2. The van der Waals surface area contributed by atoms with Gasteiger partial charge in [-0.05, 0) is 37.5 Å². The molecule has 2 rings (SSSR count). The lowest BCUT2D eigenvalue weighted by Gasteiger charge is -1.98. The highest BCUT2D eigenvalue weighted by Crippen LogP contribution is 2.51. The molecule has 0 saturated heterocycles. The summed E-state index contributed by atoms with van der Waals surface area (Å²) in [4.78, 5) is 0.868. The van der Waals surface area contributed by atoms with E-state index < -0.39 is 0 Å². The number of hydrogen-bond donors (Lipinski definition) is 0. The van der Waals surface area contributed by atoms with Crippen molar-refractivity contribution in [1.82, 2.24) is 0 Å². The molecule has 0 bridgehead atoms. The molecule has 0 radical (unpaired) electrons. The minimum Gasteiger partial charge on any atom is -0.0885 e. The standard InChI is InChI=1S/C9H13Br/c10-9-7-5-3-1-2-4-6-8(7)9/h1-2,7-9H,3-6H2/b2-1+/t7-,8-/m0/s1. The molecule has 0 amide bonds. The van der Waals surface area contributed by atoms with Crippen molar-refractivity contribution in [2.24, 2.45) is 11.8 Å². The number of alkyl halides is 1. The maximum absolute atomic E-state index is 3.72. The van der Waals surface area contributed by atoms with Gasteiger partial charge in [0, 0.05) is 4.83 Å². The van der Waals surface area contributed by atoms with Crippen molar-refractivity contribution >= 4 is 15.9 Å². The third kappa shape index (κ3) is 1.16. The van der Waals surface area contributed by atoms with Crippen LogP contribution >= 0.6 is 15.9 Å². The number of hydrogen-bond acceptors (Lipinski definition) is 0. The van der Waals surface area contributed by atoms with Crippen LogP contribution in [-0.4, -0.2) is 4.83 Å². The van der Waals surface area contributed by atoms with Gasteiger partial charge in [0.15, 0.2) is 0 Å². The summed E-state index contributed by atoms with van der Waals surface area (Å²) in [6.45, 7) is 0. The first-order valence-corrected chi connectivity index (χ1v) is 5.10. The molecule has 0 aromatic heterocycles. The third-order valence-corrected chi connectivity index (χ3v) is 4.09. The Morgan fingerprint density at radius 3 is 2.00 bits per heavy atom. The molecule has 0 nitrogen and oxygen atoms in total. The van der Waals surface area contributed by atoms with Crippen LogP contribution in [0, 0.1) is 11.8 Å². The fourth-order valence-electron chi connectivity index (χ4n) is 1.96. The van der Waals surface area contributed by atoms with E-state index in [1.165, 1.54) is 25.7 Å². The van der Waals surface area contributed by atoms with Gasteiger partial charge in [0.2, 0.25) is 0 Å². The van der Waals surface area contributed by atoms with Gasteiger partial charge < -0.3 is 0 Å². The molecule has 1 saturated carbocycles. The van der Waals surface area contributed by atoms with Crippen molar-refractivity contribution in [3.05, 3.63) is 12.2 Å². The Balaban J connectivity index is 1.94. The Hall–Kier alpha value is 0.220. The van der Waals surface area contributed by atoms with Gasteiger partial charge in [0.05, 0.1) is 0 Å². The molecule has 2 aliphatic carbocycles. The molecule has 0 spiro atoms. The first kappa shape index (κ1) is 6.90. The lowest BCUT2D eigenvalue weighted by molar-refractivity contribution is 0.605. The topological polar surface area (TPSA) is 0 Å². The molecule has 0 N–H and O–H groups in total. The van der Waals surface area contributed by atoms with E-state index in [1.54, 1.807) is 0 Å². The quantitative estimate of drug-likeness (QED) is 0.417. The average molecular weight is 201 g/mol. The van der Waals surface area contributed by atoms with Crippen LogP contribution in [0.5, 0.6) is 0 Å². The van der Waals surface area contributed by atoms with Gasteiger partial charge in [-0.25, -0.2) is 0 Å². The van der Waals surface area contributed by atoms with E-state index in [1.807, 2.05) is 0 Å².